The molecule has 3 N–H and O–H groups in total. The van der Waals surface area contributed by atoms with E-state index in [1.54, 1.807) is 12.4 Å². The smallest absolute Gasteiger partial charge is 0.245 e. The molecule has 4 heterocycles. The quantitative estimate of drug-likeness (QED) is 0.323. The van der Waals surface area contributed by atoms with Crippen molar-refractivity contribution in [3.05, 3.63) is 59.3 Å². The molecule has 0 aliphatic carbocycles. The van der Waals surface area contributed by atoms with Gasteiger partial charge in [0.1, 0.15) is 0 Å². The molecule has 2 aromatic heterocycles. The zero-order chi connectivity index (χ0) is 24.7. The molecule has 10 nitrogen and oxygen atoms in total. The van der Waals surface area contributed by atoms with Crippen LogP contribution >= 0.6 is 11.6 Å². The van der Waals surface area contributed by atoms with E-state index in [9.17, 15) is 4.39 Å². The van der Waals surface area contributed by atoms with Crippen molar-refractivity contribution in [1.82, 2.24) is 20.4 Å². The monoisotopic (exact) mass is 511 g/mol. The molecule has 2 saturated heterocycles. The summed E-state index contributed by atoms with van der Waals surface area (Å²) in [5.41, 5.74) is 9.40. The van der Waals surface area contributed by atoms with Gasteiger partial charge in [-0.2, -0.15) is 10.1 Å². The van der Waals surface area contributed by atoms with Gasteiger partial charge in [-0.25, -0.2) is 20.2 Å². The van der Waals surface area contributed by atoms with Gasteiger partial charge in [0.15, 0.2) is 11.6 Å². The summed E-state index contributed by atoms with van der Waals surface area (Å²) in [7, 11) is 0. The third-order valence-electron chi connectivity index (χ3n) is 5.82. The number of pyridine rings is 1. The summed E-state index contributed by atoms with van der Waals surface area (Å²) in [5.74, 6) is -0.0392. The number of ether oxygens (including phenoxy) is 1. The number of benzene rings is 1. The van der Waals surface area contributed by atoms with Gasteiger partial charge in [-0.1, -0.05) is 11.6 Å². The molecule has 0 bridgehead atoms. The van der Waals surface area contributed by atoms with Crippen molar-refractivity contribution in [2.75, 3.05) is 60.0 Å². The molecule has 12 heteroatoms. The lowest BCUT2D eigenvalue weighted by Gasteiger charge is -2.30. The maximum absolute atomic E-state index is 14.2. The lowest BCUT2D eigenvalue weighted by molar-refractivity contribution is 0.122. The van der Waals surface area contributed by atoms with E-state index in [1.165, 1.54) is 6.42 Å². The fraction of sp³-hybridized carbons (Fsp3) is 0.333. The second kappa shape index (κ2) is 11.5. The van der Waals surface area contributed by atoms with Crippen LogP contribution in [0.3, 0.4) is 0 Å². The van der Waals surface area contributed by atoms with Gasteiger partial charge < -0.3 is 20.0 Å². The van der Waals surface area contributed by atoms with E-state index < -0.39 is 5.82 Å². The zero-order valence-electron chi connectivity index (χ0n) is 19.6. The Balaban J connectivity index is 1.18. The van der Waals surface area contributed by atoms with Crippen molar-refractivity contribution >= 4 is 46.6 Å². The summed E-state index contributed by atoms with van der Waals surface area (Å²) >= 11 is 6.52. The molecule has 0 unspecified atom stereocenters. The molecule has 0 atom stereocenters. The van der Waals surface area contributed by atoms with E-state index in [0.717, 1.165) is 42.8 Å². The Morgan fingerprint density at radius 1 is 1.06 bits per heavy atom. The van der Waals surface area contributed by atoms with Gasteiger partial charge in [-0.05, 0) is 43.2 Å². The highest BCUT2D eigenvalue weighted by Gasteiger charge is 2.18. The topological polar surface area (TPSA) is 103 Å². The van der Waals surface area contributed by atoms with Crippen LogP contribution in [0.15, 0.2) is 47.8 Å². The summed E-state index contributed by atoms with van der Waals surface area (Å²) < 4.78 is 19.5. The zero-order valence-corrected chi connectivity index (χ0v) is 20.4. The third kappa shape index (κ3) is 5.99. The van der Waals surface area contributed by atoms with Crippen LogP contribution in [0.4, 0.5) is 33.2 Å². The molecule has 2 aliphatic heterocycles. The van der Waals surface area contributed by atoms with Crippen molar-refractivity contribution in [2.45, 2.75) is 12.8 Å². The number of nitrogens with one attached hydrogen (secondary N) is 3. The molecule has 0 saturated carbocycles. The largest absolute Gasteiger partial charge is 0.378 e. The summed E-state index contributed by atoms with van der Waals surface area (Å²) in [5, 5.41) is 10.2. The molecule has 3 aromatic rings. The number of nitrogens with zero attached hydrogens (tertiary/aromatic N) is 6. The Kier molecular flexibility index (Phi) is 7.70. The van der Waals surface area contributed by atoms with E-state index in [-0.39, 0.29) is 11.8 Å². The van der Waals surface area contributed by atoms with Gasteiger partial charge >= 0.3 is 0 Å². The SMILES string of the molecule is Fc1cnc(N/N=C/c2ccc(Nc3ccc(N4CCCCN4)c(Cl)c3)cn2)nc1N1CCOCC1. The van der Waals surface area contributed by atoms with Gasteiger partial charge in [-0.15, -0.1) is 0 Å². The first-order valence-corrected chi connectivity index (χ1v) is 12.2. The number of morpholine rings is 1. The number of rotatable bonds is 7. The molecular weight excluding hydrogens is 485 g/mol. The fourth-order valence-corrected chi connectivity index (χ4v) is 4.27. The van der Waals surface area contributed by atoms with E-state index in [4.69, 9.17) is 16.3 Å². The van der Waals surface area contributed by atoms with Crippen molar-refractivity contribution < 1.29 is 9.13 Å². The second-order valence-corrected chi connectivity index (χ2v) is 8.77. The molecule has 2 aliphatic rings. The van der Waals surface area contributed by atoms with E-state index in [1.807, 2.05) is 35.2 Å². The number of hydrazine groups is 1. The van der Waals surface area contributed by atoms with Crippen molar-refractivity contribution in [2.24, 2.45) is 5.10 Å². The Bertz CT molecular complexity index is 1200. The average molecular weight is 512 g/mol. The third-order valence-corrected chi connectivity index (χ3v) is 6.12. The Morgan fingerprint density at radius 2 is 1.92 bits per heavy atom. The number of hydrazone groups is 1. The van der Waals surface area contributed by atoms with Crippen LogP contribution in [0.25, 0.3) is 0 Å². The van der Waals surface area contributed by atoms with Crippen LogP contribution in [0.5, 0.6) is 0 Å². The molecular formula is C24H27ClFN9O. The summed E-state index contributed by atoms with van der Waals surface area (Å²) in [6, 6.07) is 9.62. The lowest BCUT2D eigenvalue weighted by atomic mass is 10.2. The minimum atomic E-state index is -0.477. The van der Waals surface area contributed by atoms with E-state index >= 15 is 0 Å². The second-order valence-electron chi connectivity index (χ2n) is 8.36. The highest BCUT2D eigenvalue weighted by Crippen LogP contribution is 2.30. The number of hydrogen-bond acceptors (Lipinski definition) is 10. The highest BCUT2D eigenvalue weighted by atomic mass is 35.5. The molecule has 0 amide bonds. The standard InChI is InChI=1S/C24H27ClFN9O/c25-20-13-17(5-6-22(20)35-8-2-1-7-30-35)31-19-4-3-18(27-14-19)15-29-33-24-28-16-21(26)23(32-24)34-9-11-36-12-10-34/h3-6,13-16,30-31H,1-2,7-12H2,(H,28,32,33)/b29-15+. The van der Waals surface area contributed by atoms with Crippen LogP contribution in [0, 0.1) is 5.82 Å². The van der Waals surface area contributed by atoms with E-state index in [0.29, 0.717) is 37.0 Å². The molecule has 36 heavy (non-hydrogen) atoms. The lowest BCUT2D eigenvalue weighted by Crippen LogP contribution is -2.43. The summed E-state index contributed by atoms with van der Waals surface area (Å²) in [4.78, 5) is 14.4. The predicted octanol–water partition coefficient (Wildman–Crippen LogP) is 3.80. The minimum Gasteiger partial charge on any atom is -0.378 e. The van der Waals surface area contributed by atoms with E-state index in [2.05, 4.69) is 41.2 Å². The van der Waals surface area contributed by atoms with Crippen LogP contribution in [0.1, 0.15) is 18.5 Å². The molecule has 0 radical (unpaired) electrons. The fourth-order valence-electron chi connectivity index (χ4n) is 3.98. The molecule has 1 aromatic carbocycles. The van der Waals surface area contributed by atoms with Gasteiger partial charge in [0, 0.05) is 31.9 Å². The van der Waals surface area contributed by atoms with Crippen LogP contribution < -0.4 is 26.1 Å². The number of aromatic nitrogens is 3. The van der Waals surface area contributed by atoms with Gasteiger partial charge in [-0.3, -0.25) is 4.98 Å². The summed E-state index contributed by atoms with van der Waals surface area (Å²) in [6.07, 6.45) is 6.71. The first-order chi connectivity index (χ1) is 17.7. The number of anilines is 5. The maximum Gasteiger partial charge on any atom is 0.245 e. The van der Waals surface area contributed by atoms with Crippen LogP contribution in [0.2, 0.25) is 5.02 Å². The van der Waals surface area contributed by atoms with Gasteiger partial charge in [0.25, 0.3) is 0 Å². The number of halogens is 2. The van der Waals surface area contributed by atoms with Crippen LogP contribution in [-0.4, -0.2) is 60.6 Å². The predicted molar refractivity (Wildman–Crippen MR) is 140 cm³/mol. The van der Waals surface area contributed by atoms with Gasteiger partial charge in [0.05, 0.1) is 53.9 Å². The van der Waals surface area contributed by atoms with Gasteiger partial charge in [0.2, 0.25) is 5.95 Å². The van der Waals surface area contributed by atoms with Crippen LogP contribution in [-0.2, 0) is 4.74 Å². The molecule has 188 valence electrons. The Morgan fingerprint density at radius 3 is 2.67 bits per heavy atom. The summed E-state index contributed by atoms with van der Waals surface area (Å²) in [6.45, 7) is 4.13. The number of hydrogen-bond donors (Lipinski definition) is 3. The maximum atomic E-state index is 14.2. The highest BCUT2D eigenvalue weighted by molar-refractivity contribution is 6.33. The average Bonchev–Trinajstić information content (AvgIpc) is 2.92. The Hall–Kier alpha value is -3.54. The Labute approximate surface area is 213 Å². The van der Waals surface area contributed by atoms with Crippen molar-refractivity contribution in [3.8, 4) is 0 Å². The van der Waals surface area contributed by atoms with Crippen molar-refractivity contribution in [1.29, 1.82) is 0 Å². The first-order valence-electron chi connectivity index (χ1n) is 11.8. The normalized spacial score (nSPS) is 16.4. The first kappa shape index (κ1) is 24.2. The molecule has 5 rings (SSSR count). The molecule has 2 fully saturated rings. The minimum absolute atomic E-state index is 0.201. The molecule has 0 spiro atoms. The van der Waals surface area contributed by atoms with Crippen molar-refractivity contribution in [3.63, 3.8) is 0 Å².